The number of nitrogens with two attached hydrogens (primary N) is 1. The lowest BCUT2D eigenvalue weighted by atomic mass is 9.68. The molecule has 0 aromatic heterocycles. The van der Waals surface area contributed by atoms with E-state index in [9.17, 15) is 5.11 Å². The molecule has 0 aliphatic carbocycles. The normalized spacial score (nSPS) is 33.4. The van der Waals surface area contributed by atoms with Crippen LogP contribution < -0.4 is 10.5 Å². The van der Waals surface area contributed by atoms with Crippen LogP contribution in [0.25, 0.3) is 0 Å². The molecule has 0 spiro atoms. The summed E-state index contributed by atoms with van der Waals surface area (Å²) in [7, 11) is 1.57. The van der Waals surface area contributed by atoms with Crippen LogP contribution in [-0.4, -0.2) is 31.0 Å². The highest BCUT2D eigenvalue weighted by Gasteiger charge is 2.55. The maximum absolute atomic E-state index is 10.8. The van der Waals surface area contributed by atoms with E-state index < -0.39 is 6.10 Å². The molecule has 2 aliphatic heterocycles. The first-order valence-electron chi connectivity index (χ1n) is 6.98. The van der Waals surface area contributed by atoms with Gasteiger partial charge in [-0.05, 0) is 37.0 Å². The Kier molecular flexibility index (Phi) is 3.67. The fraction of sp³-hybridized carbons (Fsp3) is 0.600. The van der Waals surface area contributed by atoms with Gasteiger partial charge in [0.15, 0.2) is 0 Å². The Hall–Kier alpha value is -0.810. The topological polar surface area (TPSA) is 64.7 Å². The minimum Gasteiger partial charge on any atom is -0.495 e. The number of benzene rings is 1. The van der Waals surface area contributed by atoms with Crippen molar-refractivity contribution >= 4 is 11.6 Å². The standard InChI is InChI=1S/C15H20ClNO3/c1-19-12-4-2-9(6-11(12)16)14(18)15(8-17)7-10-3-5-13(15)20-10/h2,4,6,10,13-14,18H,3,5,7-8,17H2,1H3. The quantitative estimate of drug-likeness (QED) is 0.895. The van der Waals surface area contributed by atoms with Gasteiger partial charge < -0.3 is 20.3 Å². The summed E-state index contributed by atoms with van der Waals surface area (Å²) in [4.78, 5) is 0. The summed E-state index contributed by atoms with van der Waals surface area (Å²) in [5, 5.41) is 11.3. The molecule has 2 fully saturated rings. The second-order valence-corrected chi connectivity index (χ2v) is 6.17. The molecule has 2 aliphatic rings. The van der Waals surface area contributed by atoms with Gasteiger partial charge in [0, 0.05) is 12.0 Å². The molecular weight excluding hydrogens is 278 g/mol. The highest BCUT2D eigenvalue weighted by molar-refractivity contribution is 6.32. The molecule has 0 saturated carbocycles. The molecule has 3 N–H and O–H groups in total. The molecule has 4 nitrogen and oxygen atoms in total. The lowest BCUT2D eigenvalue weighted by molar-refractivity contribution is -0.0264. The summed E-state index contributed by atoms with van der Waals surface area (Å²) in [6, 6.07) is 5.38. The summed E-state index contributed by atoms with van der Waals surface area (Å²) in [5.74, 6) is 0.605. The number of aliphatic hydroxyl groups excluding tert-OH is 1. The fourth-order valence-corrected chi connectivity index (χ4v) is 3.90. The van der Waals surface area contributed by atoms with Crippen LogP contribution in [0.4, 0.5) is 0 Å². The zero-order valence-corrected chi connectivity index (χ0v) is 12.3. The van der Waals surface area contributed by atoms with Crippen molar-refractivity contribution in [2.75, 3.05) is 13.7 Å². The van der Waals surface area contributed by atoms with Crippen LogP contribution in [0, 0.1) is 5.41 Å². The van der Waals surface area contributed by atoms with Crippen molar-refractivity contribution < 1.29 is 14.6 Å². The minimum atomic E-state index is -0.661. The number of halogens is 1. The molecule has 2 bridgehead atoms. The van der Waals surface area contributed by atoms with E-state index in [1.165, 1.54) is 0 Å². The van der Waals surface area contributed by atoms with E-state index in [1.54, 1.807) is 19.2 Å². The second-order valence-electron chi connectivity index (χ2n) is 5.76. The van der Waals surface area contributed by atoms with Gasteiger partial charge in [-0.25, -0.2) is 0 Å². The van der Waals surface area contributed by atoms with Crippen molar-refractivity contribution in [3.8, 4) is 5.75 Å². The van der Waals surface area contributed by atoms with E-state index in [-0.39, 0.29) is 17.6 Å². The molecule has 4 unspecified atom stereocenters. The summed E-state index contributed by atoms with van der Waals surface area (Å²) in [5.41, 5.74) is 6.38. The number of fused-ring (bicyclic) bond motifs is 2. The Balaban J connectivity index is 1.91. The van der Waals surface area contributed by atoms with Gasteiger partial charge in [-0.2, -0.15) is 0 Å². The molecule has 1 aromatic carbocycles. The van der Waals surface area contributed by atoms with Crippen LogP contribution in [-0.2, 0) is 4.74 Å². The van der Waals surface area contributed by atoms with E-state index in [4.69, 9.17) is 26.8 Å². The zero-order chi connectivity index (χ0) is 14.3. The summed E-state index contributed by atoms with van der Waals surface area (Å²) >= 11 is 6.15. The first-order valence-corrected chi connectivity index (χ1v) is 7.35. The second kappa shape index (κ2) is 5.19. The van der Waals surface area contributed by atoms with E-state index >= 15 is 0 Å². The van der Waals surface area contributed by atoms with Gasteiger partial charge in [-0.3, -0.25) is 0 Å². The number of hydrogen-bond acceptors (Lipinski definition) is 4. The van der Waals surface area contributed by atoms with Crippen molar-refractivity contribution in [3.63, 3.8) is 0 Å². The Morgan fingerprint density at radius 3 is 2.85 bits per heavy atom. The maximum atomic E-state index is 10.8. The molecule has 0 amide bonds. The smallest absolute Gasteiger partial charge is 0.137 e. The zero-order valence-electron chi connectivity index (χ0n) is 11.5. The summed E-state index contributed by atoms with van der Waals surface area (Å²) in [6.45, 7) is 0.416. The van der Waals surface area contributed by atoms with Crippen LogP contribution in [0.5, 0.6) is 5.75 Å². The van der Waals surface area contributed by atoms with Crippen molar-refractivity contribution in [1.82, 2.24) is 0 Å². The predicted octanol–water partition coefficient (Wildman–Crippen LogP) is 2.28. The average molecular weight is 298 g/mol. The monoisotopic (exact) mass is 297 g/mol. The van der Waals surface area contributed by atoms with Crippen molar-refractivity contribution in [1.29, 1.82) is 0 Å². The molecule has 110 valence electrons. The third kappa shape index (κ3) is 2.02. The predicted molar refractivity (Wildman–Crippen MR) is 77.0 cm³/mol. The first-order chi connectivity index (χ1) is 9.60. The van der Waals surface area contributed by atoms with Gasteiger partial charge in [0.25, 0.3) is 0 Å². The number of ether oxygens (including phenoxy) is 2. The third-order valence-electron chi connectivity index (χ3n) is 4.77. The molecule has 1 aromatic rings. The molecule has 20 heavy (non-hydrogen) atoms. The average Bonchev–Trinajstić information content (AvgIpc) is 3.07. The maximum Gasteiger partial charge on any atom is 0.137 e. The molecule has 0 radical (unpaired) electrons. The third-order valence-corrected chi connectivity index (χ3v) is 5.07. The van der Waals surface area contributed by atoms with Gasteiger partial charge in [0.1, 0.15) is 5.75 Å². The molecule has 3 rings (SSSR count). The Labute approximate surface area is 123 Å². The first kappa shape index (κ1) is 14.1. The highest BCUT2D eigenvalue weighted by Crippen LogP contribution is 2.53. The fourth-order valence-electron chi connectivity index (χ4n) is 3.63. The van der Waals surface area contributed by atoms with Crippen LogP contribution in [0.3, 0.4) is 0 Å². The Morgan fingerprint density at radius 1 is 1.55 bits per heavy atom. The van der Waals surface area contributed by atoms with Gasteiger partial charge in [-0.1, -0.05) is 17.7 Å². The Bertz CT molecular complexity index is 510. The molecule has 5 heteroatoms. The van der Waals surface area contributed by atoms with Gasteiger partial charge in [-0.15, -0.1) is 0 Å². The Morgan fingerprint density at radius 2 is 2.35 bits per heavy atom. The van der Waals surface area contributed by atoms with Crippen LogP contribution in [0.1, 0.15) is 30.9 Å². The van der Waals surface area contributed by atoms with Crippen LogP contribution in [0.2, 0.25) is 5.02 Å². The molecule has 4 atom stereocenters. The summed E-state index contributed by atoms with van der Waals surface area (Å²) in [6.07, 6.45) is 2.50. The van der Waals surface area contributed by atoms with Gasteiger partial charge >= 0.3 is 0 Å². The van der Waals surface area contributed by atoms with E-state index in [0.29, 0.717) is 17.3 Å². The van der Waals surface area contributed by atoms with Crippen molar-refractivity contribution in [2.45, 2.75) is 37.6 Å². The number of rotatable bonds is 4. The van der Waals surface area contributed by atoms with E-state index in [1.807, 2.05) is 6.07 Å². The number of hydrogen-bond donors (Lipinski definition) is 2. The SMILES string of the molecule is COc1ccc(C(O)C2(CN)CC3CCC2O3)cc1Cl. The number of aliphatic hydroxyl groups is 1. The van der Waals surface area contributed by atoms with Crippen molar-refractivity contribution in [3.05, 3.63) is 28.8 Å². The minimum absolute atomic E-state index is 0.0494. The van der Waals surface area contributed by atoms with Gasteiger partial charge in [0.05, 0.1) is 30.4 Å². The summed E-state index contributed by atoms with van der Waals surface area (Å²) < 4.78 is 11.0. The van der Waals surface area contributed by atoms with E-state index in [0.717, 1.165) is 24.8 Å². The molecule has 2 heterocycles. The molecule has 2 saturated heterocycles. The van der Waals surface area contributed by atoms with Gasteiger partial charge in [0.2, 0.25) is 0 Å². The number of methoxy groups -OCH3 is 1. The molecular formula is C15H20ClNO3. The van der Waals surface area contributed by atoms with Crippen LogP contribution >= 0.6 is 11.6 Å². The lowest BCUT2D eigenvalue weighted by Crippen LogP contribution is -2.44. The van der Waals surface area contributed by atoms with E-state index in [2.05, 4.69) is 0 Å². The highest BCUT2D eigenvalue weighted by atomic mass is 35.5. The van der Waals surface area contributed by atoms with Crippen LogP contribution in [0.15, 0.2) is 18.2 Å². The largest absolute Gasteiger partial charge is 0.495 e. The lowest BCUT2D eigenvalue weighted by Gasteiger charge is -2.38. The van der Waals surface area contributed by atoms with Crippen molar-refractivity contribution in [2.24, 2.45) is 11.1 Å².